The van der Waals surface area contributed by atoms with E-state index in [1.807, 2.05) is 0 Å². The molecule has 2 fully saturated rings. The number of hydrogen-bond acceptors (Lipinski definition) is 4. The van der Waals surface area contributed by atoms with Crippen LogP contribution < -0.4 is 11.1 Å². The minimum absolute atomic E-state index is 0.0915. The molecule has 2 saturated carbocycles. The van der Waals surface area contributed by atoms with Gasteiger partial charge >= 0.3 is 6.18 Å². The third-order valence-corrected chi connectivity index (χ3v) is 6.34. The van der Waals surface area contributed by atoms with Crippen molar-refractivity contribution in [1.82, 2.24) is 19.7 Å². The molecule has 2 aliphatic rings. The number of aromatic nitrogens is 3. The quantitative estimate of drug-likeness (QED) is 0.599. The minimum Gasteiger partial charge on any atom is -0.347 e. The van der Waals surface area contributed by atoms with Gasteiger partial charge in [0, 0.05) is 31.7 Å². The molecule has 3 N–H and O–H groups in total. The Morgan fingerprint density at radius 1 is 1.16 bits per heavy atom. The summed E-state index contributed by atoms with van der Waals surface area (Å²) in [7, 11) is 0. The lowest BCUT2D eigenvalue weighted by Crippen LogP contribution is -2.31. The largest absolute Gasteiger partial charge is 0.389 e. The van der Waals surface area contributed by atoms with E-state index >= 15 is 0 Å². The zero-order valence-electron chi connectivity index (χ0n) is 17.4. The molecule has 2 aromatic heterocycles. The van der Waals surface area contributed by atoms with Crippen LogP contribution in [0.4, 0.5) is 22.0 Å². The van der Waals surface area contributed by atoms with Crippen LogP contribution >= 0.6 is 0 Å². The summed E-state index contributed by atoms with van der Waals surface area (Å²) in [6, 6.07) is 0.741. The maximum atomic E-state index is 13.4. The molecule has 0 saturated heterocycles. The summed E-state index contributed by atoms with van der Waals surface area (Å²) in [6.45, 7) is 0. The van der Waals surface area contributed by atoms with Crippen molar-refractivity contribution in [2.75, 3.05) is 0 Å². The van der Waals surface area contributed by atoms with Crippen LogP contribution in [-0.2, 0) is 4.79 Å². The predicted octanol–water partition coefficient (Wildman–Crippen LogP) is 4.46. The summed E-state index contributed by atoms with van der Waals surface area (Å²) in [5.74, 6) is -2.91. The highest BCUT2D eigenvalue weighted by molar-refractivity contribution is 5.76. The van der Waals surface area contributed by atoms with E-state index in [1.165, 1.54) is 0 Å². The first kappa shape index (κ1) is 22.9. The molecule has 0 radical (unpaired) electrons. The molecule has 32 heavy (non-hydrogen) atoms. The normalized spacial score (nSPS) is 21.4. The van der Waals surface area contributed by atoms with E-state index in [0.717, 1.165) is 12.8 Å². The number of hydrogen-bond donors (Lipinski definition) is 2. The molecule has 6 nitrogen and oxygen atoms in total. The topological polar surface area (TPSA) is 85.3 Å². The Morgan fingerprint density at radius 3 is 2.44 bits per heavy atom. The van der Waals surface area contributed by atoms with Crippen LogP contribution in [0.3, 0.4) is 0 Å². The first-order valence-corrected chi connectivity index (χ1v) is 10.9. The Labute approximate surface area is 181 Å². The zero-order chi connectivity index (χ0) is 23.1. The molecule has 2 atom stereocenters. The van der Waals surface area contributed by atoms with Gasteiger partial charge in [-0.15, -0.1) is 0 Å². The molecule has 2 aromatic rings. The van der Waals surface area contributed by atoms with E-state index in [4.69, 9.17) is 5.73 Å². The van der Waals surface area contributed by atoms with Gasteiger partial charge in [0.25, 0.3) is 0 Å². The van der Waals surface area contributed by atoms with Gasteiger partial charge in [-0.3, -0.25) is 9.20 Å². The Balaban J connectivity index is 1.47. The molecule has 0 bridgehead atoms. The fraction of sp³-hybridized carbons (Fsp3) is 0.667. The number of imidazole rings is 1. The molecule has 0 aliphatic heterocycles. The van der Waals surface area contributed by atoms with E-state index in [0.29, 0.717) is 30.0 Å². The predicted molar refractivity (Wildman–Crippen MR) is 106 cm³/mol. The molecule has 176 valence electrons. The van der Waals surface area contributed by atoms with Crippen molar-refractivity contribution in [3.8, 4) is 0 Å². The van der Waals surface area contributed by atoms with Gasteiger partial charge in [-0.25, -0.2) is 18.7 Å². The second-order valence-electron chi connectivity index (χ2n) is 8.94. The average Bonchev–Trinajstić information content (AvgIpc) is 3.47. The molecular weight excluding hydrogens is 433 g/mol. The van der Waals surface area contributed by atoms with Crippen LogP contribution in [0, 0.1) is 11.8 Å². The number of amides is 1. The summed E-state index contributed by atoms with van der Waals surface area (Å²) in [6.07, 6.45) is -0.746. The van der Waals surface area contributed by atoms with Crippen molar-refractivity contribution >= 4 is 11.7 Å². The highest BCUT2D eigenvalue weighted by atomic mass is 19.4. The summed E-state index contributed by atoms with van der Waals surface area (Å²) >= 11 is 0. The van der Waals surface area contributed by atoms with Crippen molar-refractivity contribution in [3.63, 3.8) is 0 Å². The second-order valence-corrected chi connectivity index (χ2v) is 8.94. The van der Waals surface area contributed by atoms with Crippen molar-refractivity contribution in [2.45, 2.75) is 75.5 Å². The number of rotatable bonds is 7. The lowest BCUT2D eigenvalue weighted by molar-refractivity contribution is -0.144. The minimum atomic E-state index is -4.39. The Kier molecular flexibility index (Phi) is 6.12. The molecular formula is C21H26F5N5O. The maximum Gasteiger partial charge on any atom is 0.389 e. The number of nitrogens with zero attached hydrogens (tertiary/aromatic N) is 3. The molecule has 1 amide bonds. The Hall–Kier alpha value is -2.30. The van der Waals surface area contributed by atoms with E-state index in [9.17, 15) is 26.7 Å². The van der Waals surface area contributed by atoms with E-state index in [-0.39, 0.29) is 24.7 Å². The van der Waals surface area contributed by atoms with Crippen LogP contribution in [-0.4, -0.2) is 32.4 Å². The van der Waals surface area contributed by atoms with Crippen LogP contribution in [0.1, 0.15) is 74.8 Å². The molecule has 2 heterocycles. The Morgan fingerprint density at radius 2 is 1.81 bits per heavy atom. The van der Waals surface area contributed by atoms with Crippen LogP contribution in [0.2, 0.25) is 0 Å². The fourth-order valence-corrected chi connectivity index (χ4v) is 4.26. The number of fused-ring (bicyclic) bond motifs is 1. The smallest absolute Gasteiger partial charge is 0.347 e. The molecule has 1 unspecified atom stereocenters. The SMILES string of the molecule is NC(c1cn2ccc([C@@H](NC(=O)CCC(F)(F)F)C3CC3)nc2n1)C1CCC(F)(F)CC1. The van der Waals surface area contributed by atoms with Crippen molar-refractivity contribution in [3.05, 3.63) is 29.8 Å². The van der Waals surface area contributed by atoms with Gasteiger partial charge in [-0.1, -0.05) is 0 Å². The van der Waals surface area contributed by atoms with Gasteiger partial charge in [0.1, 0.15) is 0 Å². The van der Waals surface area contributed by atoms with Crippen LogP contribution in [0.5, 0.6) is 0 Å². The van der Waals surface area contributed by atoms with Crippen LogP contribution in [0.15, 0.2) is 18.5 Å². The van der Waals surface area contributed by atoms with E-state index in [2.05, 4.69) is 15.3 Å². The lowest BCUT2D eigenvalue weighted by Gasteiger charge is -2.31. The van der Waals surface area contributed by atoms with Gasteiger partial charge in [0.05, 0.1) is 29.9 Å². The molecule has 11 heteroatoms. The summed E-state index contributed by atoms with van der Waals surface area (Å²) < 4.78 is 65.8. The summed E-state index contributed by atoms with van der Waals surface area (Å²) in [5, 5.41) is 2.69. The first-order chi connectivity index (χ1) is 15.0. The van der Waals surface area contributed by atoms with Crippen molar-refractivity contribution in [2.24, 2.45) is 17.6 Å². The standard InChI is InChI=1S/C21H26F5N5O/c22-20(23)7-3-12(4-8-20)17(27)15-11-31-10-6-14(28-19(31)29-15)18(13-1-2-13)30-16(32)5-9-21(24,25)26/h6,10-13,17-18H,1-5,7-9,27H2,(H,30,32)/t17?,18-/m0/s1. The second kappa shape index (κ2) is 8.57. The highest BCUT2D eigenvalue weighted by Crippen LogP contribution is 2.42. The molecule has 0 aromatic carbocycles. The molecule has 0 spiro atoms. The van der Waals surface area contributed by atoms with Gasteiger partial charge in [-0.05, 0) is 43.6 Å². The van der Waals surface area contributed by atoms with Gasteiger partial charge in [0.2, 0.25) is 17.6 Å². The number of nitrogens with two attached hydrogens (primary N) is 1. The van der Waals surface area contributed by atoms with Gasteiger partial charge in [-0.2, -0.15) is 13.2 Å². The maximum absolute atomic E-state index is 13.4. The van der Waals surface area contributed by atoms with Gasteiger partial charge in [0.15, 0.2) is 0 Å². The zero-order valence-corrected chi connectivity index (χ0v) is 17.4. The third kappa shape index (κ3) is 5.54. The van der Waals surface area contributed by atoms with Gasteiger partial charge < -0.3 is 11.1 Å². The molecule has 2 aliphatic carbocycles. The summed E-state index contributed by atoms with van der Waals surface area (Å²) in [5.41, 5.74) is 7.40. The fourth-order valence-electron chi connectivity index (χ4n) is 4.26. The lowest BCUT2D eigenvalue weighted by atomic mass is 9.81. The molecule has 4 rings (SSSR count). The Bertz CT molecular complexity index is 961. The summed E-state index contributed by atoms with van der Waals surface area (Å²) in [4.78, 5) is 21.0. The highest BCUT2D eigenvalue weighted by Gasteiger charge is 2.38. The van der Waals surface area contributed by atoms with E-state index < -0.39 is 42.9 Å². The van der Waals surface area contributed by atoms with E-state index in [1.54, 1.807) is 22.9 Å². The number of carbonyl (C=O) groups excluding carboxylic acids is 1. The number of nitrogens with one attached hydrogen (secondary N) is 1. The van der Waals surface area contributed by atoms with Crippen molar-refractivity contribution in [1.29, 1.82) is 0 Å². The number of carbonyl (C=O) groups is 1. The number of halogens is 5. The first-order valence-electron chi connectivity index (χ1n) is 10.9. The third-order valence-electron chi connectivity index (χ3n) is 6.34. The van der Waals surface area contributed by atoms with Crippen LogP contribution in [0.25, 0.3) is 5.78 Å². The average molecular weight is 459 g/mol. The monoisotopic (exact) mass is 459 g/mol. The van der Waals surface area contributed by atoms with Crippen molar-refractivity contribution < 1.29 is 26.7 Å². The number of alkyl halides is 5.